The number of carboxylic acid groups (broad SMARTS) is 1. The summed E-state index contributed by atoms with van der Waals surface area (Å²) in [6, 6.07) is 13.5. The lowest BCUT2D eigenvalue weighted by atomic mass is 10.0. The summed E-state index contributed by atoms with van der Waals surface area (Å²) in [6.07, 6.45) is 0.0847. The van der Waals surface area contributed by atoms with Gasteiger partial charge in [0.05, 0.1) is 13.0 Å². The Morgan fingerprint density at radius 3 is 2.30 bits per heavy atom. The van der Waals surface area contributed by atoms with Gasteiger partial charge in [-0.3, -0.25) is 9.59 Å². The van der Waals surface area contributed by atoms with Crippen LogP contribution >= 0.6 is 0 Å². The lowest BCUT2D eigenvalue weighted by Crippen LogP contribution is -2.00. The second kappa shape index (κ2) is 7.94. The number of aliphatic carboxylic acids is 1. The van der Waals surface area contributed by atoms with E-state index in [0.717, 1.165) is 16.3 Å². The van der Waals surface area contributed by atoms with Gasteiger partial charge < -0.3 is 9.84 Å². The number of hydrogen-bond donors (Lipinski definition) is 1. The molecule has 0 aliphatic heterocycles. The van der Waals surface area contributed by atoms with Crippen molar-refractivity contribution in [1.29, 1.82) is 0 Å². The van der Waals surface area contributed by atoms with Gasteiger partial charge in [0.25, 0.3) is 0 Å². The summed E-state index contributed by atoms with van der Waals surface area (Å²) in [5.41, 5.74) is 0.871. The molecule has 0 unspecified atom stereocenters. The number of carboxylic acids is 1. The van der Waals surface area contributed by atoms with Crippen molar-refractivity contribution in [2.24, 2.45) is 0 Å². The second-order valence-electron chi connectivity index (χ2n) is 4.13. The fraction of sp³-hybridized carbons (Fsp3) is 0.250. The van der Waals surface area contributed by atoms with E-state index in [1.807, 2.05) is 42.5 Å². The minimum Gasteiger partial charge on any atom is -0.481 e. The third-order valence-electron chi connectivity index (χ3n) is 2.57. The maximum Gasteiger partial charge on any atom is 0.307 e. The average Bonchev–Trinajstić information content (AvgIpc) is 2.39. The van der Waals surface area contributed by atoms with Gasteiger partial charge in [-0.2, -0.15) is 0 Å². The molecule has 0 saturated heterocycles. The van der Waals surface area contributed by atoms with Crippen LogP contribution in [0, 0.1) is 0 Å². The smallest absolute Gasteiger partial charge is 0.307 e. The van der Waals surface area contributed by atoms with Gasteiger partial charge in [0, 0.05) is 6.92 Å². The number of carbonyl (C=O) groups is 2. The van der Waals surface area contributed by atoms with Crippen LogP contribution in [0.3, 0.4) is 0 Å². The highest BCUT2D eigenvalue weighted by molar-refractivity contribution is 5.88. The zero-order valence-electron chi connectivity index (χ0n) is 11.6. The molecule has 4 nitrogen and oxygen atoms in total. The third kappa shape index (κ3) is 5.10. The fourth-order valence-electron chi connectivity index (χ4n) is 1.81. The number of fused-ring (bicyclic) bond motifs is 1. The van der Waals surface area contributed by atoms with Crippen LogP contribution in [0.2, 0.25) is 0 Å². The molecule has 0 aliphatic rings. The molecule has 0 saturated carbocycles. The largest absolute Gasteiger partial charge is 0.481 e. The molecule has 4 heteroatoms. The molecule has 0 spiro atoms. The molecule has 0 fully saturated rings. The number of benzene rings is 2. The minimum atomic E-state index is -0.790. The van der Waals surface area contributed by atoms with E-state index >= 15 is 0 Å². The van der Waals surface area contributed by atoms with E-state index in [1.165, 1.54) is 6.92 Å². The second-order valence-corrected chi connectivity index (χ2v) is 4.13. The monoisotopic (exact) mass is 274 g/mol. The molecule has 0 heterocycles. The van der Waals surface area contributed by atoms with Crippen molar-refractivity contribution in [3.63, 3.8) is 0 Å². The molecule has 0 aliphatic carbocycles. The summed E-state index contributed by atoms with van der Waals surface area (Å²) in [6.45, 7) is 3.65. The number of hydrogen-bond acceptors (Lipinski definition) is 3. The van der Waals surface area contributed by atoms with Gasteiger partial charge in [-0.1, -0.05) is 42.5 Å². The van der Waals surface area contributed by atoms with E-state index in [0.29, 0.717) is 6.61 Å². The maximum absolute atomic E-state index is 10.6. The van der Waals surface area contributed by atoms with Gasteiger partial charge in [0.1, 0.15) is 0 Å². The van der Waals surface area contributed by atoms with E-state index in [4.69, 9.17) is 5.11 Å². The van der Waals surface area contributed by atoms with E-state index in [2.05, 4.69) is 4.74 Å². The minimum absolute atomic E-state index is 0.0847. The number of ether oxygens (including phenoxy) is 1. The average molecular weight is 274 g/mol. The molecule has 0 atom stereocenters. The first-order valence-electron chi connectivity index (χ1n) is 6.36. The van der Waals surface area contributed by atoms with Crippen LogP contribution in [0.5, 0.6) is 0 Å². The van der Waals surface area contributed by atoms with Crippen LogP contribution in [-0.2, 0) is 20.7 Å². The maximum atomic E-state index is 10.6. The molecule has 106 valence electrons. The summed E-state index contributed by atoms with van der Waals surface area (Å²) in [5.74, 6) is -1.00. The Hall–Kier alpha value is -2.36. The summed E-state index contributed by atoms with van der Waals surface area (Å²) >= 11 is 0. The SMILES string of the molecule is CCOC(C)=O.O=C(O)Cc1cccc2ccccc12. The van der Waals surface area contributed by atoms with E-state index < -0.39 is 5.97 Å². The summed E-state index contributed by atoms with van der Waals surface area (Å²) < 4.78 is 4.40. The third-order valence-corrected chi connectivity index (χ3v) is 2.57. The van der Waals surface area contributed by atoms with Crippen molar-refractivity contribution in [3.05, 3.63) is 48.0 Å². The molecule has 2 aromatic carbocycles. The number of carbonyl (C=O) groups excluding carboxylic acids is 1. The van der Waals surface area contributed by atoms with Crippen molar-refractivity contribution in [3.8, 4) is 0 Å². The zero-order valence-corrected chi connectivity index (χ0v) is 11.6. The van der Waals surface area contributed by atoms with Gasteiger partial charge >= 0.3 is 11.9 Å². The summed E-state index contributed by atoms with van der Waals surface area (Å²) in [7, 11) is 0. The predicted octanol–water partition coefficient (Wildman–Crippen LogP) is 3.04. The Kier molecular flexibility index (Phi) is 6.23. The summed E-state index contributed by atoms with van der Waals surface area (Å²) in [5, 5.41) is 10.8. The predicted molar refractivity (Wildman–Crippen MR) is 77.6 cm³/mol. The molecule has 0 amide bonds. The van der Waals surface area contributed by atoms with Crippen LogP contribution < -0.4 is 0 Å². The van der Waals surface area contributed by atoms with Crippen LogP contribution in [-0.4, -0.2) is 23.7 Å². The van der Waals surface area contributed by atoms with Gasteiger partial charge in [-0.15, -0.1) is 0 Å². The van der Waals surface area contributed by atoms with Crippen LogP contribution in [0.4, 0.5) is 0 Å². The quantitative estimate of drug-likeness (QED) is 0.874. The molecular formula is C16H18O4. The van der Waals surface area contributed by atoms with Gasteiger partial charge in [-0.25, -0.2) is 0 Å². The Morgan fingerprint density at radius 1 is 1.10 bits per heavy atom. The molecule has 0 aromatic heterocycles. The number of rotatable bonds is 3. The topological polar surface area (TPSA) is 63.6 Å². The first-order valence-corrected chi connectivity index (χ1v) is 6.36. The highest BCUT2D eigenvalue weighted by atomic mass is 16.5. The molecular weight excluding hydrogens is 256 g/mol. The van der Waals surface area contributed by atoms with Crippen LogP contribution in [0.25, 0.3) is 10.8 Å². The highest BCUT2D eigenvalue weighted by Gasteiger charge is 2.03. The van der Waals surface area contributed by atoms with E-state index in [-0.39, 0.29) is 12.4 Å². The van der Waals surface area contributed by atoms with Gasteiger partial charge in [0.2, 0.25) is 0 Å². The lowest BCUT2D eigenvalue weighted by Gasteiger charge is -2.02. The van der Waals surface area contributed by atoms with Crippen molar-refractivity contribution >= 4 is 22.7 Å². The molecule has 1 N–H and O–H groups in total. The first kappa shape index (κ1) is 15.7. The normalized spacial score (nSPS) is 9.50. The molecule has 2 rings (SSSR count). The fourth-order valence-corrected chi connectivity index (χ4v) is 1.81. The van der Waals surface area contributed by atoms with Crippen molar-refractivity contribution in [2.75, 3.05) is 6.61 Å². The standard InChI is InChI=1S/C12H10O2.C4H8O2/c13-12(14)8-10-6-3-5-9-4-1-2-7-11(9)10;1-3-6-4(2)5/h1-7H,8H2,(H,13,14);3H2,1-2H3. The molecule has 0 bridgehead atoms. The molecule has 0 radical (unpaired) electrons. The highest BCUT2D eigenvalue weighted by Crippen LogP contribution is 2.18. The molecule has 20 heavy (non-hydrogen) atoms. The first-order chi connectivity index (χ1) is 9.54. The van der Waals surface area contributed by atoms with Crippen molar-refractivity contribution in [1.82, 2.24) is 0 Å². The lowest BCUT2D eigenvalue weighted by molar-refractivity contribution is -0.140. The van der Waals surface area contributed by atoms with Gasteiger partial charge in [-0.05, 0) is 23.3 Å². The van der Waals surface area contributed by atoms with Crippen LogP contribution in [0.1, 0.15) is 19.4 Å². The molecule has 2 aromatic rings. The van der Waals surface area contributed by atoms with Crippen molar-refractivity contribution < 1.29 is 19.4 Å². The summed E-state index contributed by atoms with van der Waals surface area (Å²) in [4.78, 5) is 20.4. The Bertz CT molecular complexity index is 585. The Morgan fingerprint density at radius 2 is 1.75 bits per heavy atom. The zero-order chi connectivity index (χ0) is 15.0. The van der Waals surface area contributed by atoms with Crippen LogP contribution in [0.15, 0.2) is 42.5 Å². The van der Waals surface area contributed by atoms with E-state index in [9.17, 15) is 9.59 Å². The Balaban J connectivity index is 0.000000286. The van der Waals surface area contributed by atoms with E-state index in [1.54, 1.807) is 6.92 Å². The number of esters is 1. The van der Waals surface area contributed by atoms with Crippen molar-refractivity contribution in [2.45, 2.75) is 20.3 Å². The van der Waals surface area contributed by atoms with Gasteiger partial charge in [0.15, 0.2) is 0 Å². The Labute approximate surface area is 118 Å².